The van der Waals surface area contributed by atoms with E-state index in [1.807, 2.05) is 0 Å². The van der Waals surface area contributed by atoms with Crippen LogP contribution in [0, 0.1) is 27.7 Å². The highest BCUT2D eigenvalue weighted by atomic mass is 14.1. The van der Waals surface area contributed by atoms with E-state index in [4.69, 9.17) is 0 Å². The predicted octanol–water partition coefficient (Wildman–Crippen LogP) is 4.51. The smallest absolute Gasteiger partial charge is 0.00179 e. The molecule has 88 valence electrons. The first-order chi connectivity index (χ1) is 8.08. The van der Waals surface area contributed by atoms with Gasteiger partial charge in [-0.1, -0.05) is 42.0 Å². The van der Waals surface area contributed by atoms with E-state index in [0.717, 1.165) is 6.42 Å². The molecule has 0 fully saturated rings. The Balaban J connectivity index is 2.38. The van der Waals surface area contributed by atoms with Crippen LogP contribution >= 0.6 is 0 Å². The summed E-state index contributed by atoms with van der Waals surface area (Å²) < 4.78 is 0. The summed E-state index contributed by atoms with van der Waals surface area (Å²) >= 11 is 0. The van der Waals surface area contributed by atoms with Crippen molar-refractivity contribution < 1.29 is 0 Å². The molecule has 0 heteroatoms. The predicted molar refractivity (Wildman–Crippen MR) is 74.6 cm³/mol. The van der Waals surface area contributed by atoms with E-state index in [9.17, 15) is 0 Å². The van der Waals surface area contributed by atoms with E-state index in [-0.39, 0.29) is 0 Å². The van der Waals surface area contributed by atoms with Crippen LogP contribution in [0.15, 0.2) is 36.4 Å². The van der Waals surface area contributed by atoms with Crippen LogP contribution in [0.1, 0.15) is 33.4 Å². The number of hydrogen-bond acceptors (Lipinski definition) is 0. The third-order valence-electron chi connectivity index (χ3n) is 3.51. The Bertz CT molecular complexity index is 515. The lowest BCUT2D eigenvalue weighted by Gasteiger charge is -2.12. The molecule has 0 N–H and O–H groups in total. The van der Waals surface area contributed by atoms with Crippen molar-refractivity contribution in [3.63, 3.8) is 0 Å². The zero-order chi connectivity index (χ0) is 12.4. The highest BCUT2D eigenvalue weighted by molar-refractivity contribution is 5.40. The molecule has 0 atom stereocenters. The maximum atomic E-state index is 2.27. The van der Waals surface area contributed by atoms with Crippen LogP contribution in [0.5, 0.6) is 0 Å². The molecule has 2 aromatic rings. The van der Waals surface area contributed by atoms with Crippen LogP contribution in [0.2, 0.25) is 0 Å². The van der Waals surface area contributed by atoms with Gasteiger partial charge in [-0.25, -0.2) is 0 Å². The largest absolute Gasteiger partial charge is 0.0617 e. The summed E-state index contributed by atoms with van der Waals surface area (Å²) in [6.45, 7) is 8.75. The van der Waals surface area contributed by atoms with Crippen molar-refractivity contribution in [1.29, 1.82) is 0 Å². The Morgan fingerprint density at radius 2 is 1.41 bits per heavy atom. The monoisotopic (exact) mass is 224 g/mol. The normalized spacial score (nSPS) is 10.6. The first-order valence-electron chi connectivity index (χ1n) is 6.19. The van der Waals surface area contributed by atoms with Crippen LogP contribution < -0.4 is 0 Å². The van der Waals surface area contributed by atoms with E-state index >= 15 is 0 Å². The zero-order valence-corrected chi connectivity index (χ0v) is 11.2. The van der Waals surface area contributed by atoms with Crippen molar-refractivity contribution >= 4 is 0 Å². The number of hydrogen-bond donors (Lipinski definition) is 0. The molecule has 0 saturated heterocycles. The molecule has 0 heterocycles. The summed E-state index contributed by atoms with van der Waals surface area (Å²) in [6.07, 6.45) is 1.05. The third kappa shape index (κ3) is 2.58. The highest BCUT2D eigenvalue weighted by Crippen LogP contribution is 2.20. The van der Waals surface area contributed by atoms with Crippen molar-refractivity contribution in [3.05, 3.63) is 69.8 Å². The first-order valence-corrected chi connectivity index (χ1v) is 6.19. The highest BCUT2D eigenvalue weighted by Gasteiger charge is 2.05. The molecule has 0 aliphatic rings. The minimum absolute atomic E-state index is 1.05. The van der Waals surface area contributed by atoms with Crippen molar-refractivity contribution in [2.45, 2.75) is 34.1 Å². The number of rotatable bonds is 2. The number of aryl methyl sites for hydroxylation is 4. The van der Waals surface area contributed by atoms with Gasteiger partial charge in [0.15, 0.2) is 0 Å². The second-order valence-electron chi connectivity index (χ2n) is 4.98. The molecule has 2 rings (SSSR count). The van der Waals surface area contributed by atoms with E-state index in [1.165, 1.54) is 33.4 Å². The van der Waals surface area contributed by atoms with E-state index < -0.39 is 0 Å². The maximum Gasteiger partial charge on any atom is -0.00179 e. The lowest BCUT2D eigenvalue weighted by molar-refractivity contribution is 1.10. The Kier molecular flexibility index (Phi) is 3.33. The van der Waals surface area contributed by atoms with Gasteiger partial charge in [-0.15, -0.1) is 0 Å². The van der Waals surface area contributed by atoms with Gasteiger partial charge < -0.3 is 0 Å². The lowest BCUT2D eigenvalue weighted by Crippen LogP contribution is -1.97. The molecule has 0 unspecified atom stereocenters. The SMILES string of the molecule is Cc1ccc(Cc2c(C)cccc2C)c(C)c1. The Morgan fingerprint density at radius 1 is 0.765 bits per heavy atom. The van der Waals surface area contributed by atoms with Gasteiger partial charge in [0.25, 0.3) is 0 Å². The van der Waals surface area contributed by atoms with E-state index in [0.29, 0.717) is 0 Å². The van der Waals surface area contributed by atoms with Gasteiger partial charge in [0.2, 0.25) is 0 Å². The molecule has 0 saturated carbocycles. The molecule has 0 aliphatic heterocycles. The number of benzene rings is 2. The van der Waals surface area contributed by atoms with Gasteiger partial charge >= 0.3 is 0 Å². The van der Waals surface area contributed by atoms with Gasteiger partial charge in [-0.2, -0.15) is 0 Å². The molecule has 0 aromatic heterocycles. The summed E-state index contributed by atoms with van der Waals surface area (Å²) in [7, 11) is 0. The molecule has 0 aliphatic carbocycles. The quantitative estimate of drug-likeness (QED) is 0.704. The van der Waals surface area contributed by atoms with Crippen LogP contribution in [-0.4, -0.2) is 0 Å². The lowest BCUT2D eigenvalue weighted by atomic mass is 9.93. The second-order valence-corrected chi connectivity index (χ2v) is 4.98. The second kappa shape index (κ2) is 4.75. The average molecular weight is 224 g/mol. The van der Waals surface area contributed by atoms with Crippen LogP contribution in [0.3, 0.4) is 0 Å². The summed E-state index contributed by atoms with van der Waals surface area (Å²) in [5.41, 5.74) is 8.43. The summed E-state index contributed by atoms with van der Waals surface area (Å²) in [6, 6.07) is 13.3. The minimum atomic E-state index is 1.05. The van der Waals surface area contributed by atoms with Crippen LogP contribution in [-0.2, 0) is 6.42 Å². The fourth-order valence-electron chi connectivity index (χ4n) is 2.36. The molecule has 0 radical (unpaired) electrons. The van der Waals surface area contributed by atoms with Gasteiger partial charge in [-0.3, -0.25) is 0 Å². The van der Waals surface area contributed by atoms with Gasteiger partial charge in [0, 0.05) is 0 Å². The molecule has 0 bridgehead atoms. The fraction of sp³-hybridized carbons (Fsp3) is 0.294. The summed E-state index contributed by atoms with van der Waals surface area (Å²) in [5.74, 6) is 0. The molecular weight excluding hydrogens is 204 g/mol. The molecule has 17 heavy (non-hydrogen) atoms. The fourth-order valence-corrected chi connectivity index (χ4v) is 2.36. The maximum absolute atomic E-state index is 2.27. The molecule has 0 spiro atoms. The Hall–Kier alpha value is -1.56. The minimum Gasteiger partial charge on any atom is -0.0617 e. The molecule has 0 nitrogen and oxygen atoms in total. The van der Waals surface area contributed by atoms with Gasteiger partial charge in [0.05, 0.1) is 0 Å². The van der Waals surface area contributed by atoms with Crippen molar-refractivity contribution in [1.82, 2.24) is 0 Å². The molecule has 0 amide bonds. The van der Waals surface area contributed by atoms with Gasteiger partial charge in [0.1, 0.15) is 0 Å². The topological polar surface area (TPSA) is 0 Å². The standard InChI is InChI=1S/C17H20/c1-12-8-9-16(15(4)10-12)11-17-13(2)6-5-7-14(17)3/h5-10H,11H2,1-4H3. The summed E-state index contributed by atoms with van der Waals surface area (Å²) in [4.78, 5) is 0. The Labute approximate surface area is 104 Å². The van der Waals surface area contributed by atoms with Crippen molar-refractivity contribution in [2.24, 2.45) is 0 Å². The van der Waals surface area contributed by atoms with Gasteiger partial charge in [-0.05, 0) is 61.9 Å². The molecule has 2 aromatic carbocycles. The molecular formula is C17H20. The third-order valence-corrected chi connectivity index (χ3v) is 3.51. The van der Waals surface area contributed by atoms with E-state index in [1.54, 1.807) is 0 Å². The Morgan fingerprint density at radius 3 is 2.00 bits per heavy atom. The zero-order valence-electron chi connectivity index (χ0n) is 11.2. The van der Waals surface area contributed by atoms with Crippen LogP contribution in [0.4, 0.5) is 0 Å². The summed E-state index contributed by atoms with van der Waals surface area (Å²) in [5, 5.41) is 0. The average Bonchev–Trinajstić information content (AvgIpc) is 2.26. The van der Waals surface area contributed by atoms with Crippen LogP contribution in [0.25, 0.3) is 0 Å². The van der Waals surface area contributed by atoms with Crippen molar-refractivity contribution in [2.75, 3.05) is 0 Å². The van der Waals surface area contributed by atoms with Crippen molar-refractivity contribution in [3.8, 4) is 0 Å². The first kappa shape index (κ1) is 11.9. The van der Waals surface area contributed by atoms with E-state index in [2.05, 4.69) is 64.1 Å².